The number of H-pyrrole nitrogens is 1. The van der Waals surface area contributed by atoms with Crippen LogP contribution in [0.3, 0.4) is 0 Å². The van der Waals surface area contributed by atoms with E-state index in [1.165, 1.54) is 12.4 Å². The lowest BCUT2D eigenvalue weighted by Gasteiger charge is -2.13. The van der Waals surface area contributed by atoms with Crippen LogP contribution < -0.4 is 5.43 Å². The molecule has 0 unspecified atom stereocenters. The molecule has 21 heavy (non-hydrogen) atoms. The molecule has 2 aromatic heterocycles. The molecule has 0 aliphatic carbocycles. The number of nitrogens with one attached hydrogen (secondary N) is 1. The number of rotatable bonds is 3. The number of aromatic amines is 1. The second kappa shape index (κ2) is 5.55. The van der Waals surface area contributed by atoms with Gasteiger partial charge in [-0.3, -0.25) is 4.79 Å². The molecule has 0 aliphatic rings. The molecule has 0 fully saturated rings. The molecule has 0 saturated carbocycles. The summed E-state index contributed by atoms with van der Waals surface area (Å²) in [6.45, 7) is 7.50. The van der Waals surface area contributed by atoms with E-state index in [1.54, 1.807) is 13.1 Å². The van der Waals surface area contributed by atoms with Crippen LogP contribution in [0, 0.1) is 6.92 Å². The zero-order chi connectivity index (χ0) is 15.6. The van der Waals surface area contributed by atoms with Crippen LogP contribution in [0.4, 0.5) is 0 Å². The van der Waals surface area contributed by atoms with Crippen molar-refractivity contribution in [2.45, 2.75) is 39.7 Å². The molecule has 6 heteroatoms. The van der Waals surface area contributed by atoms with Crippen molar-refractivity contribution in [3.8, 4) is 0 Å². The van der Waals surface area contributed by atoms with E-state index in [0.29, 0.717) is 17.2 Å². The van der Waals surface area contributed by atoms with Gasteiger partial charge in [0.1, 0.15) is 11.3 Å². The minimum Gasteiger partial charge on any atom is -0.452 e. The average Bonchev–Trinajstić information content (AvgIpc) is 2.88. The lowest BCUT2D eigenvalue weighted by Crippen LogP contribution is -2.19. The van der Waals surface area contributed by atoms with E-state index in [4.69, 9.17) is 9.15 Å². The van der Waals surface area contributed by atoms with Gasteiger partial charge in [0.05, 0.1) is 6.20 Å². The highest BCUT2D eigenvalue weighted by molar-refractivity contribution is 5.89. The summed E-state index contributed by atoms with van der Waals surface area (Å²) in [5, 5.41) is 0. The molecular formula is C15H18N2O4. The van der Waals surface area contributed by atoms with E-state index in [2.05, 4.69) is 9.97 Å². The molecule has 0 bridgehead atoms. The van der Waals surface area contributed by atoms with Crippen molar-refractivity contribution in [1.29, 1.82) is 0 Å². The molecule has 0 saturated heterocycles. The number of pyridine rings is 1. The van der Waals surface area contributed by atoms with Gasteiger partial charge in [-0.15, -0.1) is 0 Å². The van der Waals surface area contributed by atoms with E-state index in [-0.39, 0.29) is 23.0 Å². The third kappa shape index (κ3) is 3.39. The number of esters is 1. The predicted molar refractivity (Wildman–Crippen MR) is 76.1 cm³/mol. The number of aryl methyl sites for hydroxylation is 1. The van der Waals surface area contributed by atoms with Crippen LogP contribution in [0.25, 0.3) is 0 Å². The maximum atomic E-state index is 11.9. The molecule has 0 atom stereocenters. The molecule has 0 aromatic carbocycles. The molecule has 0 aliphatic heterocycles. The third-order valence-corrected chi connectivity index (χ3v) is 2.97. The Kier molecular flexibility index (Phi) is 3.97. The van der Waals surface area contributed by atoms with Gasteiger partial charge < -0.3 is 14.1 Å². The van der Waals surface area contributed by atoms with Crippen LogP contribution >= 0.6 is 0 Å². The average molecular weight is 290 g/mol. The summed E-state index contributed by atoms with van der Waals surface area (Å²) in [5.74, 6) is 0.315. The Hall–Kier alpha value is -2.37. The first kappa shape index (κ1) is 15.0. The number of ether oxygens (including phenoxy) is 1. The largest absolute Gasteiger partial charge is 0.452 e. The number of aromatic nitrogens is 2. The van der Waals surface area contributed by atoms with Gasteiger partial charge in [0, 0.05) is 23.4 Å². The lowest BCUT2D eigenvalue weighted by molar-refractivity contribution is 0.0433. The number of carbonyl (C=O) groups is 1. The van der Waals surface area contributed by atoms with Crippen LogP contribution in [0.15, 0.2) is 27.8 Å². The van der Waals surface area contributed by atoms with Gasteiger partial charge in [0.25, 0.3) is 0 Å². The van der Waals surface area contributed by atoms with Crippen LogP contribution in [0.2, 0.25) is 0 Å². The van der Waals surface area contributed by atoms with Crippen molar-refractivity contribution < 1.29 is 13.9 Å². The van der Waals surface area contributed by atoms with Gasteiger partial charge in [0.2, 0.25) is 5.89 Å². The van der Waals surface area contributed by atoms with E-state index in [1.807, 2.05) is 20.8 Å². The van der Waals surface area contributed by atoms with Crippen molar-refractivity contribution in [2.24, 2.45) is 0 Å². The molecule has 112 valence electrons. The molecule has 2 heterocycles. The van der Waals surface area contributed by atoms with Gasteiger partial charge in [-0.2, -0.15) is 0 Å². The highest BCUT2D eigenvalue weighted by Crippen LogP contribution is 2.22. The minimum absolute atomic E-state index is 0.0300. The molecule has 0 amide bonds. The predicted octanol–water partition coefficient (Wildman–Crippen LogP) is 2.33. The maximum absolute atomic E-state index is 11.9. The Bertz CT molecular complexity index is 707. The standard InChI is InChI=1S/C15H18N2O4/c1-9-5-16-6-10(13(9)18)14(19)20-8-12-17-7-11(21-12)15(2,3)4/h5-7H,8H2,1-4H3,(H,16,18). The molecule has 0 radical (unpaired) electrons. The van der Waals surface area contributed by atoms with E-state index in [0.717, 1.165) is 0 Å². The Morgan fingerprint density at radius 2 is 2.10 bits per heavy atom. The highest BCUT2D eigenvalue weighted by Gasteiger charge is 2.20. The Morgan fingerprint density at radius 1 is 1.38 bits per heavy atom. The fourth-order valence-electron chi connectivity index (χ4n) is 1.67. The number of nitrogens with zero attached hydrogens (tertiary/aromatic N) is 1. The molecule has 6 nitrogen and oxygen atoms in total. The van der Waals surface area contributed by atoms with E-state index < -0.39 is 5.97 Å². The van der Waals surface area contributed by atoms with Gasteiger partial charge in [-0.1, -0.05) is 20.8 Å². The fraction of sp³-hybridized carbons (Fsp3) is 0.400. The first-order chi connectivity index (χ1) is 9.79. The SMILES string of the molecule is Cc1c[nH]cc(C(=O)OCc2ncc(C(C)(C)C)o2)c1=O. The lowest BCUT2D eigenvalue weighted by atomic mass is 9.94. The molecule has 0 spiro atoms. The van der Waals surface area contributed by atoms with E-state index >= 15 is 0 Å². The summed E-state index contributed by atoms with van der Waals surface area (Å²) in [4.78, 5) is 30.5. The summed E-state index contributed by atoms with van der Waals surface area (Å²) in [6, 6.07) is 0. The Balaban J connectivity index is 2.06. The van der Waals surface area contributed by atoms with Gasteiger partial charge in [-0.25, -0.2) is 9.78 Å². The second-order valence-electron chi connectivity index (χ2n) is 5.83. The number of hydrogen-bond donors (Lipinski definition) is 1. The summed E-state index contributed by atoms with van der Waals surface area (Å²) in [7, 11) is 0. The smallest absolute Gasteiger partial charge is 0.344 e. The van der Waals surface area contributed by atoms with Crippen LogP contribution in [-0.2, 0) is 16.8 Å². The Labute approximate surface area is 122 Å². The van der Waals surface area contributed by atoms with Gasteiger partial charge in [-0.05, 0) is 6.92 Å². The quantitative estimate of drug-likeness (QED) is 0.877. The normalized spacial score (nSPS) is 11.4. The van der Waals surface area contributed by atoms with E-state index in [9.17, 15) is 9.59 Å². The summed E-state index contributed by atoms with van der Waals surface area (Å²) in [5.41, 5.74) is -0.0853. The van der Waals surface area contributed by atoms with Crippen LogP contribution in [0.1, 0.15) is 48.3 Å². The first-order valence-electron chi connectivity index (χ1n) is 6.59. The van der Waals surface area contributed by atoms with Crippen molar-refractivity contribution >= 4 is 5.97 Å². The third-order valence-electron chi connectivity index (χ3n) is 2.97. The number of carbonyl (C=O) groups excluding carboxylic acids is 1. The highest BCUT2D eigenvalue weighted by atomic mass is 16.5. The monoisotopic (exact) mass is 290 g/mol. The Morgan fingerprint density at radius 3 is 2.71 bits per heavy atom. The number of oxazole rings is 1. The first-order valence-corrected chi connectivity index (χ1v) is 6.59. The van der Waals surface area contributed by atoms with Gasteiger partial charge >= 0.3 is 5.97 Å². The fourth-order valence-corrected chi connectivity index (χ4v) is 1.67. The molecular weight excluding hydrogens is 272 g/mol. The second-order valence-corrected chi connectivity index (χ2v) is 5.83. The van der Waals surface area contributed by atoms with Crippen LogP contribution in [-0.4, -0.2) is 15.9 Å². The van der Waals surface area contributed by atoms with Gasteiger partial charge in [0.15, 0.2) is 12.0 Å². The van der Waals surface area contributed by atoms with Crippen molar-refractivity contribution in [3.63, 3.8) is 0 Å². The van der Waals surface area contributed by atoms with Crippen molar-refractivity contribution in [1.82, 2.24) is 9.97 Å². The summed E-state index contributed by atoms with van der Waals surface area (Å²) in [6.07, 6.45) is 4.47. The molecule has 1 N–H and O–H groups in total. The number of hydrogen-bond acceptors (Lipinski definition) is 5. The summed E-state index contributed by atoms with van der Waals surface area (Å²) < 4.78 is 10.6. The van der Waals surface area contributed by atoms with Crippen molar-refractivity contribution in [3.05, 3.63) is 51.6 Å². The zero-order valence-corrected chi connectivity index (χ0v) is 12.5. The maximum Gasteiger partial charge on any atom is 0.344 e. The molecule has 2 rings (SSSR count). The van der Waals surface area contributed by atoms with Crippen LogP contribution in [0.5, 0.6) is 0 Å². The zero-order valence-electron chi connectivity index (χ0n) is 12.5. The topological polar surface area (TPSA) is 85.2 Å². The minimum atomic E-state index is -0.699. The molecule has 2 aromatic rings. The summed E-state index contributed by atoms with van der Waals surface area (Å²) >= 11 is 0. The van der Waals surface area contributed by atoms with Crippen molar-refractivity contribution in [2.75, 3.05) is 0 Å².